The van der Waals surface area contributed by atoms with E-state index in [0.29, 0.717) is 6.54 Å². The second-order valence-corrected chi connectivity index (χ2v) is 10.4. The fourth-order valence-corrected chi connectivity index (χ4v) is 5.33. The summed E-state index contributed by atoms with van der Waals surface area (Å²) < 4.78 is 4.89. The van der Waals surface area contributed by atoms with Crippen molar-refractivity contribution in [1.29, 1.82) is 0 Å². The van der Waals surface area contributed by atoms with Gasteiger partial charge in [-0.05, 0) is 80.8 Å². The number of fused-ring (bicyclic) bond motifs is 1. The van der Waals surface area contributed by atoms with Gasteiger partial charge in [0.15, 0.2) is 0 Å². The third kappa shape index (κ3) is 4.59. The number of hydrogen-bond acceptors (Lipinski definition) is 6. The van der Waals surface area contributed by atoms with Crippen LogP contribution < -0.4 is 9.64 Å². The first-order valence-electron chi connectivity index (χ1n) is 11.5. The lowest BCUT2D eigenvalue weighted by atomic mass is 9.93. The van der Waals surface area contributed by atoms with Crippen LogP contribution in [0.3, 0.4) is 0 Å². The van der Waals surface area contributed by atoms with Gasteiger partial charge in [-0.25, -0.2) is 0 Å². The van der Waals surface area contributed by atoms with E-state index in [9.17, 15) is 9.59 Å². The Labute approximate surface area is 204 Å². The first-order chi connectivity index (χ1) is 16.2. The molecule has 0 saturated carbocycles. The second-order valence-electron chi connectivity index (χ2n) is 8.79. The summed E-state index contributed by atoms with van der Waals surface area (Å²) in [6.45, 7) is 8.87. The van der Waals surface area contributed by atoms with Crippen LogP contribution in [0.2, 0.25) is 0 Å². The number of ether oxygens (including phenoxy) is 1. The molecule has 34 heavy (non-hydrogen) atoms. The number of benzene rings is 2. The highest BCUT2D eigenvalue weighted by atomic mass is 32.2. The molecule has 2 aliphatic rings. The molecule has 0 radical (unpaired) electrons. The largest absolute Gasteiger partial charge is 0.497 e. The van der Waals surface area contributed by atoms with Gasteiger partial charge in [0.2, 0.25) is 5.91 Å². The smallest absolute Gasteiger partial charge is 0.309 e. The number of aliphatic imine (C=N–C) groups is 1. The number of anilines is 1. The maximum absolute atomic E-state index is 12.4. The number of imide groups is 1. The minimum absolute atomic E-state index is 0.343. The van der Waals surface area contributed by atoms with Crippen molar-refractivity contribution >= 4 is 40.1 Å². The zero-order chi connectivity index (χ0) is 24.5. The van der Waals surface area contributed by atoms with Crippen LogP contribution in [0.25, 0.3) is 0 Å². The number of carbonyl (C=O) groups excluding carboxylic acids is 2. The van der Waals surface area contributed by atoms with Crippen molar-refractivity contribution in [3.05, 3.63) is 59.2 Å². The summed E-state index contributed by atoms with van der Waals surface area (Å²) in [5, 5.41) is 5.08. The number of nitrogens with zero attached hydrogens (tertiary/aromatic N) is 4. The molecule has 0 fully saturated rings. The third-order valence-corrected chi connectivity index (χ3v) is 7.00. The van der Waals surface area contributed by atoms with Crippen LogP contribution in [0, 0.1) is 0 Å². The summed E-state index contributed by atoms with van der Waals surface area (Å²) in [4.78, 5) is 31.4. The molecule has 8 heteroatoms. The number of rotatable bonds is 4. The van der Waals surface area contributed by atoms with E-state index in [1.807, 2.05) is 45.0 Å². The van der Waals surface area contributed by atoms with Crippen molar-refractivity contribution in [3.8, 4) is 5.75 Å². The lowest BCUT2D eigenvalue weighted by Crippen LogP contribution is -2.43. The molecule has 2 aromatic rings. The van der Waals surface area contributed by atoms with Gasteiger partial charge in [-0.2, -0.15) is 10.1 Å². The monoisotopic (exact) mass is 478 g/mol. The molecule has 2 amide bonds. The number of amides is 2. The highest BCUT2D eigenvalue weighted by Gasteiger charge is 2.39. The normalized spacial score (nSPS) is 17.9. The number of thioether (sulfide) groups is 1. The van der Waals surface area contributed by atoms with Gasteiger partial charge in [-0.3, -0.25) is 14.6 Å². The summed E-state index contributed by atoms with van der Waals surface area (Å²) in [6, 6.07) is 14.3. The van der Waals surface area contributed by atoms with E-state index >= 15 is 0 Å². The van der Waals surface area contributed by atoms with Gasteiger partial charge in [0, 0.05) is 31.3 Å². The number of hydrogen-bond donors (Lipinski definition) is 0. The zero-order valence-corrected chi connectivity index (χ0v) is 21.1. The van der Waals surface area contributed by atoms with Crippen molar-refractivity contribution in [3.63, 3.8) is 0 Å². The minimum Gasteiger partial charge on any atom is -0.497 e. The third-order valence-electron chi connectivity index (χ3n) is 5.95. The van der Waals surface area contributed by atoms with Crippen LogP contribution in [-0.4, -0.2) is 52.6 Å². The van der Waals surface area contributed by atoms with Gasteiger partial charge in [0.1, 0.15) is 11.6 Å². The Morgan fingerprint density at radius 1 is 1.24 bits per heavy atom. The van der Waals surface area contributed by atoms with Gasteiger partial charge in [-0.1, -0.05) is 18.2 Å². The number of aryl methyl sites for hydroxylation is 1. The van der Waals surface area contributed by atoms with E-state index in [-0.39, 0.29) is 11.1 Å². The predicted octanol–water partition coefficient (Wildman–Crippen LogP) is 5.11. The van der Waals surface area contributed by atoms with Crippen LogP contribution in [0.1, 0.15) is 50.8 Å². The van der Waals surface area contributed by atoms with Crippen LogP contribution in [0.5, 0.6) is 5.75 Å². The summed E-state index contributed by atoms with van der Waals surface area (Å²) >= 11 is 1.13. The molecular weight excluding hydrogens is 448 g/mol. The van der Waals surface area contributed by atoms with E-state index in [1.165, 1.54) is 12.5 Å². The SMILES string of the molecule is CCN=C(c1cccc(OC)c1)N1CCCc2cc(C3=NN(C(C)=O)C(=O)SC3(C)C)ccc21. The van der Waals surface area contributed by atoms with Crippen molar-refractivity contribution in [1.82, 2.24) is 5.01 Å². The highest BCUT2D eigenvalue weighted by Crippen LogP contribution is 2.38. The van der Waals surface area contributed by atoms with Crippen molar-refractivity contribution in [2.24, 2.45) is 10.1 Å². The van der Waals surface area contributed by atoms with Crippen molar-refractivity contribution in [2.75, 3.05) is 25.1 Å². The van der Waals surface area contributed by atoms with Gasteiger partial charge < -0.3 is 9.64 Å². The molecule has 0 aromatic heterocycles. The van der Waals surface area contributed by atoms with E-state index in [2.05, 4.69) is 28.2 Å². The summed E-state index contributed by atoms with van der Waals surface area (Å²) in [5.41, 5.74) is 4.98. The molecule has 0 spiro atoms. The molecular formula is C26H30N4O3S. The molecule has 2 aliphatic heterocycles. The lowest BCUT2D eigenvalue weighted by molar-refractivity contribution is -0.125. The predicted molar refractivity (Wildman–Crippen MR) is 138 cm³/mol. The van der Waals surface area contributed by atoms with Gasteiger partial charge in [-0.15, -0.1) is 0 Å². The minimum atomic E-state index is -0.541. The average molecular weight is 479 g/mol. The summed E-state index contributed by atoms with van der Waals surface area (Å²) in [5.74, 6) is 1.34. The highest BCUT2D eigenvalue weighted by molar-refractivity contribution is 8.15. The molecule has 0 bridgehead atoms. The summed E-state index contributed by atoms with van der Waals surface area (Å²) in [6.07, 6.45) is 1.93. The molecule has 0 atom stereocenters. The quantitative estimate of drug-likeness (QED) is 0.451. The number of hydrazone groups is 1. The second kappa shape index (κ2) is 9.62. The molecule has 0 N–H and O–H groups in total. The zero-order valence-electron chi connectivity index (χ0n) is 20.3. The Bertz CT molecular complexity index is 1190. The lowest BCUT2D eigenvalue weighted by Gasteiger charge is -2.35. The number of amidine groups is 1. The molecule has 2 heterocycles. The van der Waals surface area contributed by atoms with Crippen molar-refractivity contribution < 1.29 is 14.3 Å². The molecule has 0 unspecified atom stereocenters. The van der Waals surface area contributed by atoms with Crippen LogP contribution >= 0.6 is 11.8 Å². The fourth-order valence-electron chi connectivity index (χ4n) is 4.38. The average Bonchev–Trinajstić information content (AvgIpc) is 2.81. The Kier molecular flexibility index (Phi) is 6.79. The molecule has 4 rings (SSSR count). The maximum Gasteiger partial charge on any atom is 0.309 e. The Balaban J connectivity index is 1.75. The molecule has 0 saturated heterocycles. The van der Waals surface area contributed by atoms with Crippen LogP contribution in [-0.2, 0) is 11.2 Å². The Morgan fingerprint density at radius 2 is 2.03 bits per heavy atom. The topological polar surface area (TPSA) is 74.6 Å². The van der Waals surface area contributed by atoms with Gasteiger partial charge in [0.25, 0.3) is 0 Å². The molecule has 0 aliphatic carbocycles. The van der Waals surface area contributed by atoms with E-state index < -0.39 is 4.75 Å². The first-order valence-corrected chi connectivity index (χ1v) is 12.3. The first kappa shape index (κ1) is 24.0. The van der Waals surface area contributed by atoms with Crippen LogP contribution in [0.15, 0.2) is 52.6 Å². The molecule has 178 valence electrons. The van der Waals surface area contributed by atoms with Crippen molar-refractivity contribution in [2.45, 2.75) is 45.3 Å². The Morgan fingerprint density at radius 3 is 2.74 bits per heavy atom. The molecule has 2 aromatic carbocycles. The van der Waals surface area contributed by atoms with Gasteiger partial charge >= 0.3 is 5.24 Å². The maximum atomic E-state index is 12.4. The summed E-state index contributed by atoms with van der Waals surface area (Å²) in [7, 11) is 1.67. The van der Waals surface area contributed by atoms with E-state index in [1.54, 1.807) is 7.11 Å². The Hall–Kier alpha value is -3.13. The van der Waals surface area contributed by atoms with E-state index in [4.69, 9.17) is 9.73 Å². The fraction of sp³-hybridized carbons (Fsp3) is 0.385. The number of methoxy groups -OCH3 is 1. The number of carbonyl (C=O) groups is 2. The van der Waals surface area contributed by atoms with Crippen LogP contribution in [0.4, 0.5) is 10.5 Å². The van der Waals surface area contributed by atoms with E-state index in [0.717, 1.165) is 70.3 Å². The van der Waals surface area contributed by atoms with Gasteiger partial charge in [0.05, 0.1) is 17.6 Å². The molecule has 7 nitrogen and oxygen atoms in total. The standard InChI is InChI=1S/C26H30N4O3S/c1-6-27-24(20-9-7-11-21(16-20)33-5)29-14-8-10-18-15-19(12-13-22(18)29)23-26(3,4)34-25(32)30(28-23)17(2)31/h7,9,11-13,15-16H,6,8,10,14H2,1-5H3.